The van der Waals surface area contributed by atoms with Gasteiger partial charge in [0.1, 0.15) is 12.4 Å². The molecule has 0 spiro atoms. The zero-order valence-electron chi connectivity index (χ0n) is 21.9. The Morgan fingerprint density at radius 3 is 2.51 bits per heavy atom. The molecule has 0 N–H and O–H groups in total. The molecule has 0 saturated heterocycles. The van der Waals surface area contributed by atoms with Crippen molar-refractivity contribution >= 4 is 23.4 Å². The smallest absolute Gasteiger partial charge is 0.433 e. The minimum Gasteiger partial charge on any atom is -0.497 e. The highest BCUT2D eigenvalue weighted by molar-refractivity contribution is 7.98. The Kier molecular flexibility index (Phi) is 9.52. The van der Waals surface area contributed by atoms with E-state index in [-0.39, 0.29) is 42.5 Å². The standard InChI is InChI=1S/C28H23ClF3N5O3S/c1-39-22-6-3-17(4-7-22)15-40-25-20(13-34-27(36-25)41-2)14-37-16-35-24(28(30,31)32)23(26(37)38)8-5-18-9-19(12-33)11-21(29)10-18/h3-4,6-7,9-11,13,16H,5,8,14-15H2,1-2H3. The summed E-state index contributed by atoms with van der Waals surface area (Å²) < 4.78 is 53.7. The molecule has 0 atom stereocenters. The number of aromatic nitrogens is 4. The maximum Gasteiger partial charge on any atom is 0.433 e. The van der Waals surface area contributed by atoms with Crippen molar-refractivity contribution in [3.63, 3.8) is 0 Å². The first kappa shape index (κ1) is 29.9. The number of hydrogen-bond donors (Lipinski definition) is 0. The number of halogens is 4. The maximum absolute atomic E-state index is 13.8. The first-order valence-corrected chi connectivity index (χ1v) is 13.7. The lowest BCUT2D eigenvalue weighted by Crippen LogP contribution is -2.30. The minimum atomic E-state index is -4.84. The molecular formula is C28H23ClF3N5O3S. The summed E-state index contributed by atoms with van der Waals surface area (Å²) in [5.74, 6) is 0.878. The molecule has 2 aromatic carbocycles. The molecule has 212 valence electrons. The second-order valence-electron chi connectivity index (χ2n) is 8.79. The van der Waals surface area contributed by atoms with Crippen LogP contribution in [0.1, 0.15) is 33.5 Å². The van der Waals surface area contributed by atoms with Gasteiger partial charge in [-0.2, -0.15) is 23.4 Å². The summed E-state index contributed by atoms with van der Waals surface area (Å²) >= 11 is 7.32. The van der Waals surface area contributed by atoms with Crippen LogP contribution < -0.4 is 15.0 Å². The van der Waals surface area contributed by atoms with Crippen LogP contribution in [0.3, 0.4) is 0 Å². The van der Waals surface area contributed by atoms with Crippen molar-refractivity contribution < 1.29 is 22.6 Å². The summed E-state index contributed by atoms with van der Waals surface area (Å²) in [6.07, 6.45) is -0.941. The predicted octanol–water partition coefficient (Wildman–Crippen LogP) is 5.72. The third kappa shape index (κ3) is 7.56. The molecule has 2 heterocycles. The summed E-state index contributed by atoms with van der Waals surface area (Å²) in [4.78, 5) is 25.6. The zero-order valence-corrected chi connectivity index (χ0v) is 23.5. The Hall–Kier alpha value is -4.08. The average Bonchev–Trinajstić information content (AvgIpc) is 2.96. The average molecular weight is 602 g/mol. The Morgan fingerprint density at radius 1 is 1.10 bits per heavy atom. The molecule has 0 unspecified atom stereocenters. The second-order valence-corrected chi connectivity index (χ2v) is 10.00. The van der Waals surface area contributed by atoms with E-state index >= 15 is 0 Å². The third-order valence-electron chi connectivity index (χ3n) is 6.01. The fourth-order valence-electron chi connectivity index (χ4n) is 4.01. The Morgan fingerprint density at radius 2 is 1.85 bits per heavy atom. The van der Waals surface area contributed by atoms with E-state index in [2.05, 4.69) is 15.0 Å². The van der Waals surface area contributed by atoms with Gasteiger partial charge < -0.3 is 9.47 Å². The number of nitriles is 1. The van der Waals surface area contributed by atoms with Crippen molar-refractivity contribution in [3.05, 3.63) is 104 Å². The quantitative estimate of drug-likeness (QED) is 0.168. The number of thioether (sulfide) groups is 1. The van der Waals surface area contributed by atoms with E-state index in [9.17, 15) is 23.2 Å². The third-order valence-corrected chi connectivity index (χ3v) is 6.79. The summed E-state index contributed by atoms with van der Waals surface area (Å²) in [6.45, 7) is -0.0170. The molecule has 0 fully saturated rings. The van der Waals surface area contributed by atoms with Crippen LogP contribution in [0.4, 0.5) is 13.2 Å². The van der Waals surface area contributed by atoms with Gasteiger partial charge in [0.2, 0.25) is 5.88 Å². The van der Waals surface area contributed by atoms with Crippen LogP contribution in [0.2, 0.25) is 5.02 Å². The van der Waals surface area contributed by atoms with E-state index in [0.29, 0.717) is 22.0 Å². The SMILES string of the molecule is COc1ccc(COc2nc(SC)ncc2Cn2cnc(C(F)(F)F)c(CCc3cc(Cl)cc(C#N)c3)c2=O)cc1. The van der Waals surface area contributed by atoms with Gasteiger partial charge in [0.25, 0.3) is 5.56 Å². The summed E-state index contributed by atoms with van der Waals surface area (Å²) in [6, 6.07) is 13.7. The molecule has 2 aromatic heterocycles. The molecule has 0 aliphatic heterocycles. The largest absolute Gasteiger partial charge is 0.497 e. The molecule has 4 rings (SSSR count). The van der Waals surface area contributed by atoms with Gasteiger partial charge in [-0.25, -0.2) is 9.97 Å². The number of alkyl halides is 3. The minimum absolute atomic E-state index is 0.0427. The number of aryl methyl sites for hydroxylation is 1. The van der Waals surface area contributed by atoms with Crippen LogP contribution >= 0.6 is 23.4 Å². The van der Waals surface area contributed by atoms with Crippen LogP contribution in [0, 0.1) is 11.3 Å². The molecule has 8 nitrogen and oxygen atoms in total. The first-order chi connectivity index (χ1) is 19.6. The highest BCUT2D eigenvalue weighted by Crippen LogP contribution is 2.30. The van der Waals surface area contributed by atoms with E-state index in [1.807, 2.05) is 18.2 Å². The van der Waals surface area contributed by atoms with Gasteiger partial charge in [-0.05, 0) is 60.6 Å². The highest BCUT2D eigenvalue weighted by Gasteiger charge is 2.37. The van der Waals surface area contributed by atoms with Gasteiger partial charge in [-0.3, -0.25) is 9.36 Å². The Balaban J connectivity index is 1.64. The first-order valence-electron chi connectivity index (χ1n) is 12.1. The summed E-state index contributed by atoms with van der Waals surface area (Å²) in [5, 5.41) is 9.87. The molecule has 0 saturated carbocycles. The summed E-state index contributed by atoms with van der Waals surface area (Å²) in [5.41, 5.74) is -0.607. The highest BCUT2D eigenvalue weighted by atomic mass is 35.5. The maximum atomic E-state index is 13.8. The fraction of sp³-hybridized carbons (Fsp3) is 0.250. The fourth-order valence-corrected chi connectivity index (χ4v) is 4.60. The molecule has 0 aliphatic rings. The topological polar surface area (TPSA) is 103 Å². The number of rotatable bonds is 10. The van der Waals surface area contributed by atoms with E-state index < -0.39 is 23.0 Å². The normalized spacial score (nSPS) is 11.2. The van der Waals surface area contributed by atoms with Gasteiger partial charge in [0.15, 0.2) is 10.9 Å². The number of methoxy groups -OCH3 is 1. The van der Waals surface area contributed by atoms with Gasteiger partial charge in [0.05, 0.1) is 37.2 Å². The molecule has 13 heteroatoms. The molecule has 0 amide bonds. The van der Waals surface area contributed by atoms with Crippen molar-refractivity contribution in [3.8, 4) is 17.7 Å². The molecule has 0 radical (unpaired) electrons. The van der Waals surface area contributed by atoms with Gasteiger partial charge in [-0.1, -0.05) is 35.5 Å². The Bertz CT molecular complexity index is 1640. The van der Waals surface area contributed by atoms with Crippen LogP contribution in [0.25, 0.3) is 0 Å². The van der Waals surface area contributed by atoms with Crippen molar-refractivity contribution in [2.75, 3.05) is 13.4 Å². The van der Waals surface area contributed by atoms with E-state index in [1.54, 1.807) is 31.6 Å². The van der Waals surface area contributed by atoms with Crippen molar-refractivity contribution in [1.82, 2.24) is 19.5 Å². The number of ether oxygens (including phenoxy) is 2. The number of hydrogen-bond acceptors (Lipinski definition) is 8. The number of benzene rings is 2. The molecule has 0 bridgehead atoms. The van der Waals surface area contributed by atoms with Crippen LogP contribution in [0.15, 0.2) is 64.9 Å². The lowest BCUT2D eigenvalue weighted by Gasteiger charge is -2.16. The van der Waals surface area contributed by atoms with E-state index in [0.717, 1.165) is 16.5 Å². The van der Waals surface area contributed by atoms with Crippen LogP contribution in [-0.2, 0) is 32.2 Å². The second kappa shape index (κ2) is 13.1. The zero-order chi connectivity index (χ0) is 29.6. The van der Waals surface area contributed by atoms with E-state index in [1.165, 1.54) is 30.1 Å². The number of nitrogens with zero attached hydrogens (tertiary/aromatic N) is 5. The predicted molar refractivity (Wildman–Crippen MR) is 147 cm³/mol. The molecular weight excluding hydrogens is 579 g/mol. The van der Waals surface area contributed by atoms with Crippen molar-refractivity contribution in [2.45, 2.75) is 37.3 Å². The lowest BCUT2D eigenvalue weighted by atomic mass is 10.0. The monoisotopic (exact) mass is 601 g/mol. The summed E-state index contributed by atoms with van der Waals surface area (Å²) in [7, 11) is 1.56. The molecule has 0 aliphatic carbocycles. The van der Waals surface area contributed by atoms with E-state index in [4.69, 9.17) is 21.1 Å². The van der Waals surface area contributed by atoms with Gasteiger partial charge >= 0.3 is 6.18 Å². The lowest BCUT2D eigenvalue weighted by molar-refractivity contribution is -0.142. The van der Waals surface area contributed by atoms with Gasteiger partial charge in [-0.15, -0.1) is 0 Å². The van der Waals surface area contributed by atoms with Crippen molar-refractivity contribution in [2.24, 2.45) is 0 Å². The molecule has 41 heavy (non-hydrogen) atoms. The van der Waals surface area contributed by atoms with Crippen LogP contribution in [-0.4, -0.2) is 32.9 Å². The van der Waals surface area contributed by atoms with Crippen molar-refractivity contribution in [1.29, 1.82) is 5.26 Å². The molecule has 4 aromatic rings. The van der Waals surface area contributed by atoms with Gasteiger partial charge in [0, 0.05) is 16.8 Å². The Labute approximate surface area is 242 Å². The van der Waals surface area contributed by atoms with Crippen LogP contribution in [0.5, 0.6) is 11.6 Å².